The third-order valence-electron chi connectivity index (χ3n) is 4.45. The van der Waals surface area contributed by atoms with Gasteiger partial charge in [-0.25, -0.2) is 9.67 Å². The number of nitrogens with zero attached hydrogens (tertiary/aromatic N) is 3. The van der Waals surface area contributed by atoms with Gasteiger partial charge in [0, 0.05) is 5.69 Å². The van der Waals surface area contributed by atoms with Crippen molar-refractivity contribution in [3.05, 3.63) is 42.5 Å². The van der Waals surface area contributed by atoms with Crippen LogP contribution in [0.15, 0.2) is 36.9 Å². The third kappa shape index (κ3) is 3.79. The van der Waals surface area contributed by atoms with E-state index in [1.54, 1.807) is 11.0 Å². The molecule has 1 aliphatic rings. The normalized spacial score (nSPS) is 20.5. The number of hydrogen-bond donors (Lipinski definition) is 2. The number of carbonyl (C=O) groups excluding carboxylic acids is 1. The highest BCUT2D eigenvalue weighted by Crippen LogP contribution is 2.31. The molecule has 1 fully saturated rings. The lowest BCUT2D eigenvalue weighted by Crippen LogP contribution is -2.36. The molecule has 7 heteroatoms. The number of nitrogens with one attached hydrogen (secondary N) is 1. The van der Waals surface area contributed by atoms with Gasteiger partial charge in [0.15, 0.2) is 0 Å². The van der Waals surface area contributed by atoms with Crippen molar-refractivity contribution in [2.45, 2.75) is 32.2 Å². The number of rotatable bonds is 5. The van der Waals surface area contributed by atoms with Crippen LogP contribution in [0.25, 0.3) is 0 Å². The van der Waals surface area contributed by atoms with Crippen LogP contribution < -0.4 is 5.32 Å². The predicted octanol–water partition coefficient (Wildman–Crippen LogP) is 2.16. The Hall–Kier alpha value is -2.70. The molecule has 1 aliphatic carbocycles. The molecule has 1 aromatic carbocycles. The standard InChI is InChI=1S/C17H20N4O3/c22-16(14-3-1-2-4-15(14)17(23)24)20-13-7-5-12(6-8-13)9-21-11-18-10-19-21/h5-8,10-11,14-15H,1-4,9H2,(H,20,22)(H,23,24)/t14-,15-/m0/s1. The second kappa shape index (κ2) is 7.25. The van der Waals surface area contributed by atoms with Gasteiger partial charge in [-0.2, -0.15) is 5.10 Å². The van der Waals surface area contributed by atoms with E-state index in [0.717, 1.165) is 18.4 Å². The number of carboxylic acids is 1. The monoisotopic (exact) mass is 328 g/mol. The molecule has 0 saturated heterocycles. The summed E-state index contributed by atoms with van der Waals surface area (Å²) in [6.45, 7) is 0.609. The van der Waals surface area contributed by atoms with E-state index in [9.17, 15) is 14.7 Å². The highest BCUT2D eigenvalue weighted by atomic mass is 16.4. The van der Waals surface area contributed by atoms with Crippen LogP contribution in [0.5, 0.6) is 0 Å². The van der Waals surface area contributed by atoms with Gasteiger partial charge in [0.1, 0.15) is 12.7 Å². The van der Waals surface area contributed by atoms with Crippen LogP contribution in [0.3, 0.4) is 0 Å². The Balaban J connectivity index is 1.62. The van der Waals surface area contributed by atoms with Gasteiger partial charge in [-0.15, -0.1) is 0 Å². The number of carboxylic acid groups (broad SMARTS) is 1. The smallest absolute Gasteiger partial charge is 0.307 e. The van der Waals surface area contributed by atoms with Crippen molar-refractivity contribution in [3.63, 3.8) is 0 Å². The number of amides is 1. The summed E-state index contributed by atoms with van der Waals surface area (Å²) in [7, 11) is 0. The van der Waals surface area contributed by atoms with Gasteiger partial charge < -0.3 is 10.4 Å². The first-order valence-electron chi connectivity index (χ1n) is 8.08. The molecule has 1 amide bonds. The number of anilines is 1. The van der Waals surface area contributed by atoms with Crippen molar-refractivity contribution >= 4 is 17.6 Å². The molecule has 2 atom stereocenters. The van der Waals surface area contributed by atoms with E-state index in [2.05, 4.69) is 15.4 Å². The lowest BCUT2D eigenvalue weighted by Gasteiger charge is -2.27. The first-order chi connectivity index (χ1) is 11.6. The summed E-state index contributed by atoms with van der Waals surface area (Å²) >= 11 is 0. The van der Waals surface area contributed by atoms with Crippen LogP contribution in [0.4, 0.5) is 5.69 Å². The van der Waals surface area contributed by atoms with Crippen LogP contribution in [-0.2, 0) is 16.1 Å². The number of aromatic nitrogens is 3. The fourth-order valence-electron chi connectivity index (χ4n) is 3.17. The molecular weight excluding hydrogens is 308 g/mol. The molecule has 0 aliphatic heterocycles. The molecule has 7 nitrogen and oxygen atoms in total. The predicted molar refractivity (Wildman–Crippen MR) is 87.3 cm³/mol. The van der Waals surface area contributed by atoms with Crippen molar-refractivity contribution in [2.24, 2.45) is 11.8 Å². The van der Waals surface area contributed by atoms with Crippen LogP contribution in [0.1, 0.15) is 31.2 Å². The Labute approximate surface area is 139 Å². The van der Waals surface area contributed by atoms with Gasteiger partial charge in [-0.1, -0.05) is 25.0 Å². The lowest BCUT2D eigenvalue weighted by molar-refractivity contribution is -0.147. The molecule has 2 N–H and O–H groups in total. The van der Waals surface area contributed by atoms with Crippen molar-refractivity contribution in [2.75, 3.05) is 5.32 Å². The maximum atomic E-state index is 12.4. The molecule has 0 unspecified atom stereocenters. The SMILES string of the molecule is O=C(O)[C@H]1CCCC[C@@H]1C(=O)Nc1ccc(Cn2cncn2)cc1. The molecule has 0 radical (unpaired) electrons. The summed E-state index contributed by atoms with van der Waals surface area (Å²) in [6.07, 6.45) is 6.11. The fraction of sp³-hybridized carbons (Fsp3) is 0.412. The molecule has 2 aromatic rings. The van der Waals surface area contributed by atoms with Crippen LogP contribution in [-0.4, -0.2) is 31.7 Å². The van der Waals surface area contributed by atoms with Crippen LogP contribution in [0, 0.1) is 11.8 Å². The van der Waals surface area contributed by atoms with Crippen molar-refractivity contribution in [1.29, 1.82) is 0 Å². The van der Waals surface area contributed by atoms with E-state index in [-0.39, 0.29) is 5.91 Å². The quantitative estimate of drug-likeness (QED) is 0.876. The molecular formula is C17H20N4O3. The summed E-state index contributed by atoms with van der Waals surface area (Å²) in [5.41, 5.74) is 1.72. The fourth-order valence-corrected chi connectivity index (χ4v) is 3.17. The summed E-state index contributed by atoms with van der Waals surface area (Å²) in [4.78, 5) is 27.6. The van der Waals surface area contributed by atoms with E-state index in [4.69, 9.17) is 0 Å². The topological polar surface area (TPSA) is 97.1 Å². The second-order valence-electron chi connectivity index (χ2n) is 6.11. The third-order valence-corrected chi connectivity index (χ3v) is 4.45. The molecule has 24 heavy (non-hydrogen) atoms. The van der Waals surface area contributed by atoms with Gasteiger partial charge in [0.05, 0.1) is 18.4 Å². The number of benzene rings is 1. The largest absolute Gasteiger partial charge is 0.481 e. The molecule has 3 rings (SSSR count). The van der Waals surface area contributed by atoms with E-state index in [0.29, 0.717) is 25.1 Å². The van der Waals surface area contributed by atoms with E-state index >= 15 is 0 Å². The first kappa shape index (κ1) is 16.2. The molecule has 0 spiro atoms. The van der Waals surface area contributed by atoms with E-state index in [1.165, 1.54) is 6.33 Å². The minimum Gasteiger partial charge on any atom is -0.481 e. The van der Waals surface area contributed by atoms with Crippen LogP contribution in [0.2, 0.25) is 0 Å². The highest BCUT2D eigenvalue weighted by molar-refractivity contribution is 5.95. The van der Waals surface area contributed by atoms with Gasteiger partial charge in [0.2, 0.25) is 5.91 Å². The Morgan fingerprint density at radius 2 is 1.88 bits per heavy atom. The Morgan fingerprint density at radius 3 is 2.50 bits per heavy atom. The number of hydrogen-bond acceptors (Lipinski definition) is 4. The van der Waals surface area contributed by atoms with Gasteiger partial charge in [-0.05, 0) is 30.5 Å². The zero-order valence-electron chi connectivity index (χ0n) is 13.3. The van der Waals surface area contributed by atoms with Crippen molar-refractivity contribution < 1.29 is 14.7 Å². The average molecular weight is 328 g/mol. The summed E-state index contributed by atoms with van der Waals surface area (Å²) < 4.78 is 1.72. The Morgan fingerprint density at radius 1 is 1.17 bits per heavy atom. The van der Waals surface area contributed by atoms with Gasteiger partial charge in [0.25, 0.3) is 0 Å². The highest BCUT2D eigenvalue weighted by Gasteiger charge is 2.35. The van der Waals surface area contributed by atoms with Crippen molar-refractivity contribution in [3.8, 4) is 0 Å². The summed E-state index contributed by atoms with van der Waals surface area (Å²) in [6, 6.07) is 7.46. The zero-order chi connectivity index (χ0) is 16.9. The Kier molecular flexibility index (Phi) is 4.88. The van der Waals surface area contributed by atoms with Gasteiger partial charge >= 0.3 is 5.97 Å². The maximum Gasteiger partial charge on any atom is 0.307 e. The molecule has 1 heterocycles. The molecule has 126 valence electrons. The average Bonchev–Trinajstić information content (AvgIpc) is 3.09. The van der Waals surface area contributed by atoms with Crippen LogP contribution >= 0.6 is 0 Å². The first-order valence-corrected chi connectivity index (χ1v) is 8.08. The Bertz CT molecular complexity index is 697. The van der Waals surface area contributed by atoms with Gasteiger partial charge in [-0.3, -0.25) is 9.59 Å². The molecule has 0 bridgehead atoms. The minimum atomic E-state index is -0.877. The maximum absolute atomic E-state index is 12.4. The molecule has 1 saturated carbocycles. The zero-order valence-corrected chi connectivity index (χ0v) is 13.3. The summed E-state index contributed by atoms with van der Waals surface area (Å²) in [5.74, 6) is -2.11. The van der Waals surface area contributed by atoms with E-state index < -0.39 is 17.8 Å². The lowest BCUT2D eigenvalue weighted by atomic mass is 9.78. The molecule has 1 aromatic heterocycles. The number of aliphatic carboxylic acids is 1. The van der Waals surface area contributed by atoms with Crippen molar-refractivity contribution in [1.82, 2.24) is 14.8 Å². The van der Waals surface area contributed by atoms with E-state index in [1.807, 2.05) is 24.3 Å². The summed E-state index contributed by atoms with van der Waals surface area (Å²) in [5, 5.41) is 16.2. The second-order valence-corrected chi connectivity index (χ2v) is 6.11. The minimum absolute atomic E-state index is 0.203. The number of carbonyl (C=O) groups is 2.